The predicted octanol–water partition coefficient (Wildman–Crippen LogP) is 3.25. The summed E-state index contributed by atoms with van der Waals surface area (Å²) < 4.78 is 0. The third-order valence-corrected chi connectivity index (χ3v) is 3.06. The highest BCUT2D eigenvalue weighted by molar-refractivity contribution is 5.17. The molecule has 14 heavy (non-hydrogen) atoms. The lowest BCUT2D eigenvalue weighted by atomic mass is 9.78. The van der Waals surface area contributed by atoms with E-state index in [4.69, 9.17) is 0 Å². The zero-order chi connectivity index (χ0) is 10.6. The third kappa shape index (κ3) is 2.31. The average Bonchev–Trinajstić information content (AvgIpc) is 2.19. The van der Waals surface area contributed by atoms with Crippen molar-refractivity contribution in [3.8, 4) is 0 Å². The van der Waals surface area contributed by atoms with Crippen LogP contribution < -0.4 is 0 Å². The Kier molecular flexibility index (Phi) is 3.62. The standard InChI is InChI=1S/C12H20N2/c1-5-7-12(4,6-2)11-8-13-10(3)14-9-11/h8-9H,5-7H2,1-4H3. The molecular formula is C12H20N2. The number of hydrogen-bond donors (Lipinski definition) is 0. The van der Waals surface area contributed by atoms with Gasteiger partial charge >= 0.3 is 0 Å². The summed E-state index contributed by atoms with van der Waals surface area (Å²) in [7, 11) is 0. The Bertz CT molecular complexity index is 279. The monoisotopic (exact) mass is 192 g/mol. The molecule has 0 aliphatic rings. The van der Waals surface area contributed by atoms with E-state index in [9.17, 15) is 0 Å². The molecule has 0 fully saturated rings. The summed E-state index contributed by atoms with van der Waals surface area (Å²) >= 11 is 0. The van der Waals surface area contributed by atoms with Crippen LogP contribution in [0.5, 0.6) is 0 Å². The van der Waals surface area contributed by atoms with Gasteiger partial charge in [0.25, 0.3) is 0 Å². The molecule has 1 atom stereocenters. The van der Waals surface area contributed by atoms with Crippen LogP contribution in [-0.4, -0.2) is 9.97 Å². The maximum absolute atomic E-state index is 4.26. The van der Waals surface area contributed by atoms with E-state index >= 15 is 0 Å². The maximum Gasteiger partial charge on any atom is 0.125 e. The van der Waals surface area contributed by atoms with Crippen LogP contribution in [0.2, 0.25) is 0 Å². The van der Waals surface area contributed by atoms with Crippen molar-refractivity contribution in [3.63, 3.8) is 0 Å². The zero-order valence-electron chi connectivity index (χ0n) is 9.67. The molecule has 1 rings (SSSR count). The summed E-state index contributed by atoms with van der Waals surface area (Å²) in [6, 6.07) is 0. The third-order valence-electron chi connectivity index (χ3n) is 3.06. The molecule has 0 saturated heterocycles. The van der Waals surface area contributed by atoms with E-state index in [1.165, 1.54) is 18.4 Å². The Balaban J connectivity index is 2.94. The molecule has 0 aliphatic heterocycles. The first-order valence-electron chi connectivity index (χ1n) is 5.41. The van der Waals surface area contributed by atoms with Crippen LogP contribution in [-0.2, 0) is 5.41 Å². The van der Waals surface area contributed by atoms with Crippen molar-refractivity contribution < 1.29 is 0 Å². The topological polar surface area (TPSA) is 25.8 Å². The summed E-state index contributed by atoms with van der Waals surface area (Å²) in [4.78, 5) is 8.53. The SMILES string of the molecule is CCCC(C)(CC)c1cnc(C)nc1. The van der Waals surface area contributed by atoms with Gasteiger partial charge in [-0.15, -0.1) is 0 Å². The lowest BCUT2D eigenvalue weighted by Gasteiger charge is -2.27. The number of nitrogens with zero attached hydrogens (tertiary/aromatic N) is 2. The molecule has 0 aromatic carbocycles. The Morgan fingerprint density at radius 3 is 2.21 bits per heavy atom. The lowest BCUT2D eigenvalue weighted by molar-refractivity contribution is 0.411. The van der Waals surface area contributed by atoms with E-state index in [-0.39, 0.29) is 5.41 Å². The van der Waals surface area contributed by atoms with Crippen LogP contribution in [0.1, 0.15) is 51.4 Å². The Hall–Kier alpha value is -0.920. The van der Waals surface area contributed by atoms with Crippen molar-refractivity contribution in [2.24, 2.45) is 0 Å². The van der Waals surface area contributed by atoms with Gasteiger partial charge in [-0.3, -0.25) is 0 Å². The van der Waals surface area contributed by atoms with E-state index in [1.54, 1.807) is 0 Å². The second-order valence-corrected chi connectivity index (χ2v) is 4.18. The van der Waals surface area contributed by atoms with E-state index in [2.05, 4.69) is 30.7 Å². The van der Waals surface area contributed by atoms with Crippen LogP contribution in [0.15, 0.2) is 12.4 Å². The molecule has 0 spiro atoms. The van der Waals surface area contributed by atoms with E-state index in [0.717, 1.165) is 12.2 Å². The molecule has 2 nitrogen and oxygen atoms in total. The molecule has 0 amide bonds. The lowest BCUT2D eigenvalue weighted by Crippen LogP contribution is -2.21. The van der Waals surface area contributed by atoms with Crippen molar-refractivity contribution >= 4 is 0 Å². The van der Waals surface area contributed by atoms with Gasteiger partial charge in [-0.1, -0.05) is 27.2 Å². The van der Waals surface area contributed by atoms with Crippen LogP contribution >= 0.6 is 0 Å². The first-order chi connectivity index (χ1) is 6.62. The quantitative estimate of drug-likeness (QED) is 0.731. The van der Waals surface area contributed by atoms with Crippen molar-refractivity contribution in [1.29, 1.82) is 0 Å². The van der Waals surface area contributed by atoms with Gasteiger partial charge < -0.3 is 0 Å². The number of rotatable bonds is 4. The summed E-state index contributed by atoms with van der Waals surface area (Å²) in [5.41, 5.74) is 1.52. The van der Waals surface area contributed by atoms with E-state index < -0.39 is 0 Å². The summed E-state index contributed by atoms with van der Waals surface area (Å²) in [6.07, 6.45) is 7.50. The minimum absolute atomic E-state index is 0.252. The molecule has 0 saturated carbocycles. The molecule has 1 heterocycles. The largest absolute Gasteiger partial charge is 0.241 e. The maximum atomic E-state index is 4.26. The van der Waals surface area contributed by atoms with Crippen LogP contribution in [0.3, 0.4) is 0 Å². The normalized spacial score (nSPS) is 15.1. The highest BCUT2D eigenvalue weighted by Gasteiger charge is 2.23. The van der Waals surface area contributed by atoms with Crippen LogP contribution in [0.4, 0.5) is 0 Å². The summed E-state index contributed by atoms with van der Waals surface area (Å²) in [5, 5.41) is 0. The molecule has 2 heteroatoms. The van der Waals surface area contributed by atoms with Crippen molar-refractivity contribution in [2.45, 2.75) is 52.4 Å². The van der Waals surface area contributed by atoms with Crippen molar-refractivity contribution in [2.75, 3.05) is 0 Å². The molecule has 1 aromatic rings. The molecule has 0 radical (unpaired) electrons. The number of aryl methyl sites for hydroxylation is 1. The van der Waals surface area contributed by atoms with Gasteiger partial charge in [0.15, 0.2) is 0 Å². The predicted molar refractivity (Wildman–Crippen MR) is 59.3 cm³/mol. The Labute approximate surface area is 86.8 Å². The molecule has 0 N–H and O–H groups in total. The summed E-state index contributed by atoms with van der Waals surface area (Å²) in [5.74, 6) is 0.851. The molecule has 78 valence electrons. The zero-order valence-corrected chi connectivity index (χ0v) is 9.67. The second-order valence-electron chi connectivity index (χ2n) is 4.18. The highest BCUT2D eigenvalue weighted by Crippen LogP contribution is 2.31. The number of aromatic nitrogens is 2. The minimum atomic E-state index is 0.252. The van der Waals surface area contributed by atoms with Crippen molar-refractivity contribution in [1.82, 2.24) is 9.97 Å². The van der Waals surface area contributed by atoms with Gasteiger partial charge in [0.05, 0.1) is 0 Å². The van der Waals surface area contributed by atoms with Gasteiger partial charge in [-0.05, 0) is 30.7 Å². The molecule has 0 aliphatic carbocycles. The van der Waals surface area contributed by atoms with Crippen molar-refractivity contribution in [3.05, 3.63) is 23.8 Å². The molecular weight excluding hydrogens is 172 g/mol. The minimum Gasteiger partial charge on any atom is -0.241 e. The Morgan fingerprint density at radius 2 is 1.79 bits per heavy atom. The summed E-state index contributed by atoms with van der Waals surface area (Å²) in [6.45, 7) is 8.68. The smallest absolute Gasteiger partial charge is 0.125 e. The fraction of sp³-hybridized carbons (Fsp3) is 0.667. The fourth-order valence-corrected chi connectivity index (χ4v) is 1.78. The second kappa shape index (κ2) is 4.54. The van der Waals surface area contributed by atoms with Gasteiger partial charge in [-0.25, -0.2) is 9.97 Å². The first kappa shape index (κ1) is 11.2. The highest BCUT2D eigenvalue weighted by atomic mass is 14.8. The van der Waals surface area contributed by atoms with E-state index in [0.29, 0.717) is 0 Å². The molecule has 1 aromatic heterocycles. The first-order valence-corrected chi connectivity index (χ1v) is 5.41. The molecule has 1 unspecified atom stereocenters. The fourth-order valence-electron chi connectivity index (χ4n) is 1.78. The van der Waals surface area contributed by atoms with Crippen LogP contribution in [0, 0.1) is 6.92 Å². The van der Waals surface area contributed by atoms with Gasteiger partial charge in [0.2, 0.25) is 0 Å². The van der Waals surface area contributed by atoms with Gasteiger partial charge in [-0.2, -0.15) is 0 Å². The average molecular weight is 192 g/mol. The Morgan fingerprint density at radius 1 is 1.21 bits per heavy atom. The van der Waals surface area contributed by atoms with Gasteiger partial charge in [0.1, 0.15) is 5.82 Å². The molecule has 0 bridgehead atoms. The number of hydrogen-bond acceptors (Lipinski definition) is 2. The van der Waals surface area contributed by atoms with Crippen LogP contribution in [0.25, 0.3) is 0 Å². The van der Waals surface area contributed by atoms with E-state index in [1.807, 2.05) is 19.3 Å². The van der Waals surface area contributed by atoms with Gasteiger partial charge in [0, 0.05) is 12.4 Å².